The summed E-state index contributed by atoms with van der Waals surface area (Å²) < 4.78 is 1.43. The zero-order valence-electron chi connectivity index (χ0n) is 11.9. The van der Waals surface area contributed by atoms with Crippen LogP contribution in [0.1, 0.15) is 0 Å². The van der Waals surface area contributed by atoms with Crippen LogP contribution in [0.5, 0.6) is 0 Å². The Kier molecular flexibility index (Phi) is 4.13. The molecule has 0 aliphatic rings. The number of benzene rings is 1. The number of fused-ring (bicyclic) bond motifs is 1. The van der Waals surface area contributed by atoms with Crippen LogP contribution in [0.4, 0.5) is 5.82 Å². The van der Waals surface area contributed by atoms with E-state index in [1.54, 1.807) is 12.2 Å². The molecule has 1 aromatic heterocycles. The molecule has 0 unspecified atom stereocenters. The number of anilines is 1. The molecule has 0 spiro atoms. The fourth-order valence-corrected chi connectivity index (χ4v) is 2.15. The lowest BCUT2D eigenvalue weighted by Crippen LogP contribution is -2.27. The smallest absolute Gasteiger partial charge is 0.229 e. The van der Waals surface area contributed by atoms with Gasteiger partial charge in [-0.25, -0.2) is 0 Å². The third kappa shape index (κ3) is 2.53. The quantitative estimate of drug-likeness (QED) is 0.502. The van der Waals surface area contributed by atoms with Gasteiger partial charge in [0, 0.05) is 18.1 Å². The first-order chi connectivity index (χ1) is 10.1. The molecule has 2 aromatic rings. The molecule has 0 saturated heterocycles. The molecule has 1 heterocycles. The van der Waals surface area contributed by atoms with Crippen molar-refractivity contribution in [2.24, 2.45) is 0 Å². The molecule has 106 valence electrons. The summed E-state index contributed by atoms with van der Waals surface area (Å²) >= 11 is 0. The van der Waals surface area contributed by atoms with E-state index in [1.807, 2.05) is 42.3 Å². The average molecular weight is 279 g/mol. The van der Waals surface area contributed by atoms with Crippen molar-refractivity contribution >= 4 is 23.1 Å². The molecule has 0 radical (unpaired) electrons. The highest BCUT2D eigenvalue weighted by Gasteiger charge is 2.12. The minimum Gasteiger partial charge on any atom is -0.329 e. The molecule has 0 bridgehead atoms. The number of aromatic nitrogens is 2. The van der Waals surface area contributed by atoms with Crippen LogP contribution in [0.2, 0.25) is 0 Å². The maximum absolute atomic E-state index is 8.00. The van der Waals surface area contributed by atoms with Crippen molar-refractivity contribution in [3.05, 3.63) is 67.0 Å². The van der Waals surface area contributed by atoms with Gasteiger partial charge in [0.15, 0.2) is 0 Å². The highest BCUT2D eigenvalue weighted by atomic mass is 15.2. The van der Waals surface area contributed by atoms with Crippen LogP contribution < -0.4 is 10.5 Å². The number of likely N-dealkylation sites (N-methyl/N-ethyl adjacent to an activating group) is 1. The number of rotatable bonds is 5. The Morgan fingerprint density at radius 1 is 1.33 bits per heavy atom. The van der Waals surface area contributed by atoms with Crippen molar-refractivity contribution in [2.75, 3.05) is 11.9 Å². The van der Waals surface area contributed by atoms with E-state index >= 15 is 0 Å². The first kappa shape index (κ1) is 14.5. The largest absolute Gasteiger partial charge is 0.329 e. The van der Waals surface area contributed by atoms with Gasteiger partial charge in [0.2, 0.25) is 5.62 Å². The third-order valence-corrected chi connectivity index (χ3v) is 3.18. The molecule has 0 aliphatic carbocycles. The van der Waals surface area contributed by atoms with Crippen LogP contribution in [0.15, 0.2) is 61.3 Å². The topological polar surface area (TPSA) is 68.8 Å². The molecular formula is C16H17N5. The van der Waals surface area contributed by atoms with Gasteiger partial charge in [-0.15, -0.1) is 0 Å². The molecule has 0 amide bonds. The molecule has 2 rings (SSSR count). The molecule has 0 atom stereocenters. The van der Waals surface area contributed by atoms with E-state index in [0.29, 0.717) is 5.82 Å². The van der Waals surface area contributed by atoms with E-state index < -0.39 is 0 Å². The summed E-state index contributed by atoms with van der Waals surface area (Å²) in [6.45, 7) is 7.48. The molecule has 0 aliphatic heterocycles. The fourth-order valence-electron chi connectivity index (χ4n) is 2.15. The molecule has 0 saturated carbocycles. The van der Waals surface area contributed by atoms with E-state index in [4.69, 9.17) is 10.8 Å². The van der Waals surface area contributed by atoms with E-state index in [1.165, 1.54) is 4.57 Å². The summed E-state index contributed by atoms with van der Waals surface area (Å²) in [5.41, 5.74) is 1.60. The first-order valence-electron chi connectivity index (χ1n) is 6.39. The van der Waals surface area contributed by atoms with Crippen LogP contribution in [-0.2, 0) is 0 Å². The second-order valence-electron chi connectivity index (χ2n) is 4.37. The summed E-state index contributed by atoms with van der Waals surface area (Å²) in [6, 6.07) is 7.56. The Morgan fingerprint density at radius 2 is 2.05 bits per heavy atom. The number of nitrogens with zero attached hydrogens (tertiary/aromatic N) is 3. The Morgan fingerprint density at radius 3 is 2.67 bits per heavy atom. The fraction of sp³-hybridized carbons (Fsp3) is 0.0625. The van der Waals surface area contributed by atoms with E-state index in [-0.39, 0.29) is 5.62 Å². The monoisotopic (exact) mass is 279 g/mol. The van der Waals surface area contributed by atoms with Crippen LogP contribution in [0, 0.1) is 10.8 Å². The Hall–Kier alpha value is -2.95. The second-order valence-corrected chi connectivity index (χ2v) is 4.37. The lowest BCUT2D eigenvalue weighted by Gasteiger charge is -2.21. The SMILES string of the molecule is C=C/C=C(\C=C)N(C)c1nc(=N)n(C=N)c2ccccc12. The summed E-state index contributed by atoms with van der Waals surface area (Å²) in [5, 5.41) is 16.3. The number of hydrogen-bond acceptors (Lipinski definition) is 4. The van der Waals surface area contributed by atoms with Crippen molar-refractivity contribution < 1.29 is 0 Å². The van der Waals surface area contributed by atoms with Crippen molar-refractivity contribution in [3.8, 4) is 0 Å². The van der Waals surface area contributed by atoms with Gasteiger partial charge in [0.25, 0.3) is 0 Å². The molecule has 21 heavy (non-hydrogen) atoms. The predicted molar refractivity (Wildman–Crippen MR) is 86.6 cm³/mol. The zero-order chi connectivity index (χ0) is 15.4. The van der Waals surface area contributed by atoms with E-state index in [0.717, 1.165) is 22.9 Å². The van der Waals surface area contributed by atoms with Crippen molar-refractivity contribution in [3.63, 3.8) is 0 Å². The number of allylic oxidation sites excluding steroid dienone is 3. The summed E-state index contributed by atoms with van der Waals surface area (Å²) in [6.07, 6.45) is 6.30. The molecular weight excluding hydrogens is 262 g/mol. The van der Waals surface area contributed by atoms with Crippen molar-refractivity contribution in [1.29, 1.82) is 10.8 Å². The van der Waals surface area contributed by atoms with Gasteiger partial charge in [-0.05, 0) is 24.3 Å². The van der Waals surface area contributed by atoms with Crippen LogP contribution >= 0.6 is 0 Å². The first-order valence-corrected chi connectivity index (χ1v) is 6.39. The molecule has 5 nitrogen and oxygen atoms in total. The normalized spacial score (nSPS) is 11.2. The lowest BCUT2D eigenvalue weighted by atomic mass is 10.2. The minimum absolute atomic E-state index is 0.00700. The van der Waals surface area contributed by atoms with Gasteiger partial charge in [0.1, 0.15) is 5.82 Å². The van der Waals surface area contributed by atoms with Gasteiger partial charge >= 0.3 is 0 Å². The van der Waals surface area contributed by atoms with Crippen molar-refractivity contribution in [1.82, 2.24) is 9.55 Å². The number of hydrogen-bond donors (Lipinski definition) is 2. The van der Waals surface area contributed by atoms with Crippen LogP contribution in [0.25, 0.3) is 10.9 Å². The average Bonchev–Trinajstić information content (AvgIpc) is 2.51. The van der Waals surface area contributed by atoms with E-state index in [2.05, 4.69) is 18.1 Å². The summed E-state index contributed by atoms with van der Waals surface area (Å²) in [5.74, 6) is 0.640. The zero-order valence-corrected chi connectivity index (χ0v) is 11.9. The third-order valence-electron chi connectivity index (χ3n) is 3.18. The van der Waals surface area contributed by atoms with Gasteiger partial charge in [0.05, 0.1) is 11.9 Å². The minimum atomic E-state index is 0.00700. The van der Waals surface area contributed by atoms with Gasteiger partial charge < -0.3 is 4.90 Å². The van der Waals surface area contributed by atoms with Crippen LogP contribution in [-0.4, -0.2) is 22.9 Å². The molecule has 1 aromatic carbocycles. The standard InChI is InChI=1S/C16H17N5/c1-4-8-12(5-2)20(3)15-13-9-6-7-10-14(13)21(11-17)16(18)19-15/h4-11,17-18H,1-2H2,3H3/b12-8+,17-11?,18-16?. The molecule has 2 N–H and O–H groups in total. The molecule has 5 heteroatoms. The van der Waals surface area contributed by atoms with E-state index in [9.17, 15) is 0 Å². The predicted octanol–water partition coefficient (Wildman–Crippen LogP) is 2.66. The lowest BCUT2D eigenvalue weighted by molar-refractivity contribution is 0.909. The number of nitrogens with one attached hydrogen (secondary N) is 2. The highest BCUT2D eigenvalue weighted by molar-refractivity contribution is 5.93. The maximum atomic E-state index is 8.00. The molecule has 0 fully saturated rings. The summed E-state index contributed by atoms with van der Waals surface area (Å²) in [7, 11) is 1.86. The van der Waals surface area contributed by atoms with Gasteiger partial charge in [-0.2, -0.15) is 4.98 Å². The maximum Gasteiger partial charge on any atom is 0.229 e. The van der Waals surface area contributed by atoms with Crippen molar-refractivity contribution in [2.45, 2.75) is 0 Å². The number of para-hydroxylation sites is 1. The Labute approximate surface area is 123 Å². The van der Waals surface area contributed by atoms with Gasteiger partial charge in [-0.3, -0.25) is 15.4 Å². The van der Waals surface area contributed by atoms with Gasteiger partial charge in [-0.1, -0.05) is 31.4 Å². The Balaban J connectivity index is 2.79. The Bertz CT molecular complexity index is 798. The second kappa shape index (κ2) is 6.00. The summed E-state index contributed by atoms with van der Waals surface area (Å²) in [4.78, 5) is 6.16. The highest BCUT2D eigenvalue weighted by Crippen LogP contribution is 2.24. The van der Waals surface area contributed by atoms with Crippen LogP contribution in [0.3, 0.4) is 0 Å².